The summed E-state index contributed by atoms with van der Waals surface area (Å²) in [4.78, 5) is 27.3. The van der Waals surface area contributed by atoms with E-state index in [-0.39, 0.29) is 6.15 Å². The Morgan fingerprint density at radius 2 is 1.46 bits per heavy atom. The second-order valence-corrected chi connectivity index (χ2v) is 7.23. The van der Waals surface area contributed by atoms with E-state index in [0.717, 1.165) is 31.6 Å². The van der Waals surface area contributed by atoms with E-state index < -0.39 is 11.4 Å². The molecule has 4 heteroatoms. The van der Waals surface area contributed by atoms with Crippen LogP contribution in [0.15, 0.2) is 24.3 Å². The van der Waals surface area contributed by atoms with Crippen molar-refractivity contribution in [3.05, 3.63) is 35.4 Å². The van der Waals surface area contributed by atoms with Crippen molar-refractivity contribution in [2.45, 2.75) is 66.2 Å². The topological polar surface area (TPSA) is 71.4 Å². The van der Waals surface area contributed by atoms with Gasteiger partial charge in [0, 0.05) is 0 Å². The summed E-state index contributed by atoms with van der Waals surface area (Å²) in [6.07, 6.45) is 6.55. The lowest BCUT2D eigenvalue weighted by molar-refractivity contribution is -0.191. The SMILES string of the molecule is CC(C)CCCc1ccc(CCCC(C)(C)C(=O)O)cc1.O=C=O. The van der Waals surface area contributed by atoms with Gasteiger partial charge in [0.1, 0.15) is 0 Å². The Labute approximate surface area is 145 Å². The molecule has 4 nitrogen and oxygen atoms in total. The van der Waals surface area contributed by atoms with Gasteiger partial charge in [-0.15, -0.1) is 0 Å². The fourth-order valence-corrected chi connectivity index (χ4v) is 2.43. The van der Waals surface area contributed by atoms with E-state index in [1.54, 1.807) is 13.8 Å². The summed E-state index contributed by atoms with van der Waals surface area (Å²) in [5, 5.41) is 9.10. The molecule has 0 aliphatic rings. The molecule has 0 saturated heterocycles. The van der Waals surface area contributed by atoms with Crippen LogP contribution in [0.4, 0.5) is 0 Å². The maximum Gasteiger partial charge on any atom is 0.373 e. The minimum Gasteiger partial charge on any atom is -0.481 e. The molecule has 1 N–H and O–H groups in total. The van der Waals surface area contributed by atoms with Gasteiger partial charge in [-0.05, 0) is 63.0 Å². The molecule has 0 bridgehead atoms. The van der Waals surface area contributed by atoms with Gasteiger partial charge in [0.05, 0.1) is 5.41 Å². The Bertz CT molecular complexity index is 509. The van der Waals surface area contributed by atoms with Gasteiger partial charge < -0.3 is 5.11 Å². The Kier molecular flexibility index (Phi) is 10.7. The predicted octanol–water partition coefficient (Wildman–Crippen LogP) is 4.52. The Morgan fingerprint density at radius 1 is 1.04 bits per heavy atom. The van der Waals surface area contributed by atoms with Crippen molar-refractivity contribution in [3.63, 3.8) is 0 Å². The summed E-state index contributed by atoms with van der Waals surface area (Å²) in [5.41, 5.74) is 2.10. The van der Waals surface area contributed by atoms with Crippen LogP contribution in [0.2, 0.25) is 0 Å². The highest BCUT2D eigenvalue weighted by atomic mass is 16.4. The van der Waals surface area contributed by atoms with Crippen LogP contribution in [-0.2, 0) is 27.2 Å². The number of hydrogen-bond acceptors (Lipinski definition) is 3. The Balaban J connectivity index is 0.00000163. The number of carbonyl (C=O) groups excluding carboxylic acids is 2. The highest BCUT2D eigenvalue weighted by Crippen LogP contribution is 2.23. The van der Waals surface area contributed by atoms with Crippen LogP contribution in [0.25, 0.3) is 0 Å². The van der Waals surface area contributed by atoms with Crippen LogP contribution >= 0.6 is 0 Å². The van der Waals surface area contributed by atoms with Crippen LogP contribution in [0, 0.1) is 11.3 Å². The molecule has 134 valence electrons. The molecule has 1 aromatic rings. The summed E-state index contributed by atoms with van der Waals surface area (Å²) < 4.78 is 0. The molecule has 0 aromatic heterocycles. The summed E-state index contributed by atoms with van der Waals surface area (Å²) >= 11 is 0. The Hall–Kier alpha value is -1.93. The third kappa shape index (κ3) is 9.96. The van der Waals surface area contributed by atoms with E-state index in [1.165, 1.54) is 24.0 Å². The van der Waals surface area contributed by atoms with Crippen molar-refractivity contribution >= 4 is 12.1 Å². The molecule has 0 aliphatic carbocycles. The molecule has 0 atom stereocenters. The third-order valence-electron chi connectivity index (χ3n) is 4.12. The highest BCUT2D eigenvalue weighted by molar-refractivity contribution is 5.73. The fourth-order valence-electron chi connectivity index (χ4n) is 2.43. The van der Waals surface area contributed by atoms with Gasteiger partial charge in [0.15, 0.2) is 0 Å². The number of hydrogen-bond donors (Lipinski definition) is 1. The molecule has 1 rings (SSSR count). The molecule has 0 aliphatic heterocycles. The Morgan fingerprint density at radius 3 is 1.83 bits per heavy atom. The molecule has 1 aromatic carbocycles. The number of aryl methyl sites for hydroxylation is 2. The second-order valence-electron chi connectivity index (χ2n) is 7.23. The van der Waals surface area contributed by atoms with Gasteiger partial charge in [-0.3, -0.25) is 4.79 Å². The minimum absolute atomic E-state index is 0.250. The monoisotopic (exact) mass is 334 g/mol. The first-order valence-corrected chi connectivity index (χ1v) is 8.53. The zero-order valence-corrected chi connectivity index (χ0v) is 15.3. The second kappa shape index (κ2) is 11.6. The molecule has 0 spiro atoms. The van der Waals surface area contributed by atoms with Gasteiger partial charge in [0.2, 0.25) is 0 Å². The van der Waals surface area contributed by atoms with E-state index in [9.17, 15) is 4.79 Å². The molecular formula is C20H30O4. The number of carboxylic acid groups (broad SMARTS) is 1. The lowest BCUT2D eigenvalue weighted by atomic mass is 9.86. The standard InChI is InChI=1S/C19H30O2.CO2/c1-15(2)7-5-8-16-10-12-17(13-11-16)9-6-14-19(3,4)18(20)21;2-1-3/h10-13,15H,5-9,14H2,1-4H3,(H,20,21);. The van der Waals surface area contributed by atoms with E-state index in [2.05, 4.69) is 38.1 Å². The zero-order chi connectivity index (χ0) is 18.6. The molecule has 0 amide bonds. The fraction of sp³-hybridized carbons (Fsp3) is 0.600. The minimum atomic E-state index is -0.706. The van der Waals surface area contributed by atoms with Gasteiger partial charge >= 0.3 is 12.1 Å². The van der Waals surface area contributed by atoms with Crippen molar-refractivity contribution in [2.75, 3.05) is 0 Å². The van der Waals surface area contributed by atoms with Crippen LogP contribution < -0.4 is 0 Å². The first-order valence-electron chi connectivity index (χ1n) is 8.53. The van der Waals surface area contributed by atoms with Crippen molar-refractivity contribution < 1.29 is 19.5 Å². The van der Waals surface area contributed by atoms with Crippen LogP contribution in [0.5, 0.6) is 0 Å². The first kappa shape index (κ1) is 22.1. The number of rotatable bonds is 9. The third-order valence-corrected chi connectivity index (χ3v) is 4.12. The predicted molar refractivity (Wildman–Crippen MR) is 93.6 cm³/mol. The van der Waals surface area contributed by atoms with Gasteiger partial charge in [-0.1, -0.05) is 44.5 Å². The quantitative estimate of drug-likeness (QED) is 0.721. The lowest BCUT2D eigenvalue weighted by Gasteiger charge is -2.18. The van der Waals surface area contributed by atoms with Crippen LogP contribution in [0.3, 0.4) is 0 Å². The number of aliphatic carboxylic acids is 1. The van der Waals surface area contributed by atoms with Crippen molar-refractivity contribution in [2.24, 2.45) is 11.3 Å². The molecule has 0 heterocycles. The van der Waals surface area contributed by atoms with Crippen LogP contribution in [-0.4, -0.2) is 17.2 Å². The maximum atomic E-state index is 11.1. The van der Waals surface area contributed by atoms with E-state index in [0.29, 0.717) is 0 Å². The molecule has 24 heavy (non-hydrogen) atoms. The van der Waals surface area contributed by atoms with Gasteiger partial charge in [-0.25, -0.2) is 0 Å². The first-order chi connectivity index (χ1) is 11.2. The van der Waals surface area contributed by atoms with Gasteiger partial charge in [-0.2, -0.15) is 9.59 Å². The van der Waals surface area contributed by atoms with Gasteiger partial charge in [0.25, 0.3) is 0 Å². The number of benzene rings is 1. The molecule has 0 fully saturated rings. The van der Waals surface area contributed by atoms with Crippen molar-refractivity contribution in [3.8, 4) is 0 Å². The van der Waals surface area contributed by atoms with E-state index >= 15 is 0 Å². The lowest BCUT2D eigenvalue weighted by Crippen LogP contribution is -2.23. The summed E-state index contributed by atoms with van der Waals surface area (Å²) in [7, 11) is 0. The average Bonchev–Trinajstić information content (AvgIpc) is 2.49. The van der Waals surface area contributed by atoms with E-state index in [1.807, 2.05) is 0 Å². The van der Waals surface area contributed by atoms with Crippen LogP contribution in [0.1, 0.15) is 64.5 Å². The number of carboxylic acids is 1. The smallest absolute Gasteiger partial charge is 0.373 e. The largest absolute Gasteiger partial charge is 0.481 e. The molecular weight excluding hydrogens is 304 g/mol. The summed E-state index contributed by atoms with van der Waals surface area (Å²) in [6.45, 7) is 8.13. The van der Waals surface area contributed by atoms with E-state index in [4.69, 9.17) is 14.7 Å². The summed E-state index contributed by atoms with van der Waals surface area (Å²) in [6, 6.07) is 8.83. The normalized spacial score (nSPS) is 10.7. The highest BCUT2D eigenvalue weighted by Gasteiger charge is 2.25. The molecule has 0 unspecified atom stereocenters. The zero-order valence-electron chi connectivity index (χ0n) is 15.3. The van der Waals surface area contributed by atoms with Crippen molar-refractivity contribution in [1.29, 1.82) is 0 Å². The summed E-state index contributed by atoms with van der Waals surface area (Å²) in [5.74, 6) is 0.0739. The molecule has 0 radical (unpaired) electrons. The maximum absolute atomic E-state index is 11.1. The molecule has 0 saturated carbocycles. The number of carbonyl (C=O) groups is 1. The van der Waals surface area contributed by atoms with Crippen molar-refractivity contribution in [1.82, 2.24) is 0 Å². The average molecular weight is 334 g/mol.